The van der Waals surface area contributed by atoms with Crippen molar-refractivity contribution in [2.24, 2.45) is 0 Å². The molecule has 1 aromatic heterocycles. The number of rotatable bonds is 11. The van der Waals surface area contributed by atoms with Crippen molar-refractivity contribution in [2.75, 3.05) is 17.7 Å². The first kappa shape index (κ1) is 32.5. The highest BCUT2D eigenvalue weighted by molar-refractivity contribution is 8.00. The van der Waals surface area contributed by atoms with Crippen molar-refractivity contribution in [3.05, 3.63) is 130 Å². The van der Waals surface area contributed by atoms with Crippen LogP contribution in [-0.2, 0) is 9.59 Å². The van der Waals surface area contributed by atoms with Gasteiger partial charge in [-0.05, 0) is 85.3 Å². The Morgan fingerprint density at radius 3 is 2.41 bits per heavy atom. The average molecular weight is 669 g/mol. The van der Waals surface area contributed by atoms with Crippen LogP contribution in [0.25, 0.3) is 17.3 Å². The molecule has 11 heteroatoms. The van der Waals surface area contributed by atoms with Gasteiger partial charge in [-0.15, -0.1) is 23.1 Å². The van der Waals surface area contributed by atoms with Gasteiger partial charge in [-0.2, -0.15) is 0 Å². The lowest BCUT2D eigenvalue weighted by molar-refractivity contribution is -0.115. The minimum absolute atomic E-state index is 0.0411. The van der Waals surface area contributed by atoms with E-state index in [-0.39, 0.29) is 11.6 Å². The van der Waals surface area contributed by atoms with E-state index < -0.39 is 17.1 Å². The van der Waals surface area contributed by atoms with E-state index in [9.17, 15) is 14.4 Å². The fourth-order valence-corrected chi connectivity index (χ4v) is 6.09. The zero-order chi connectivity index (χ0) is 32.5. The molecule has 5 rings (SSSR count). The summed E-state index contributed by atoms with van der Waals surface area (Å²) >= 11 is 8.84. The van der Waals surface area contributed by atoms with Crippen LogP contribution in [0.5, 0.6) is 5.75 Å². The zero-order valence-electron chi connectivity index (χ0n) is 24.8. The Labute approximate surface area is 279 Å². The van der Waals surface area contributed by atoms with Gasteiger partial charge in [0.25, 0.3) is 11.8 Å². The summed E-state index contributed by atoms with van der Waals surface area (Å²) in [4.78, 5) is 44.7. The minimum atomic E-state index is -0.520. The highest BCUT2D eigenvalue weighted by Gasteiger charge is 2.18. The minimum Gasteiger partial charge on any atom is -0.497 e. The van der Waals surface area contributed by atoms with Crippen molar-refractivity contribution < 1.29 is 19.1 Å². The van der Waals surface area contributed by atoms with Gasteiger partial charge in [0.1, 0.15) is 11.4 Å². The van der Waals surface area contributed by atoms with Gasteiger partial charge < -0.3 is 20.7 Å². The van der Waals surface area contributed by atoms with Gasteiger partial charge >= 0.3 is 0 Å². The molecule has 8 nitrogen and oxygen atoms in total. The molecule has 5 aromatic rings. The molecule has 1 heterocycles. The predicted molar refractivity (Wildman–Crippen MR) is 186 cm³/mol. The van der Waals surface area contributed by atoms with Crippen molar-refractivity contribution in [2.45, 2.75) is 17.1 Å². The van der Waals surface area contributed by atoms with Crippen LogP contribution in [0.4, 0.5) is 10.8 Å². The molecule has 4 aromatic carbocycles. The number of nitrogens with one attached hydrogen (secondary N) is 3. The summed E-state index contributed by atoms with van der Waals surface area (Å²) in [6.07, 6.45) is 1.56. The molecule has 0 radical (unpaired) electrons. The van der Waals surface area contributed by atoms with Crippen molar-refractivity contribution in [3.63, 3.8) is 0 Å². The number of carbonyl (C=O) groups is 3. The number of halogens is 1. The Hall–Kier alpha value is -4.90. The lowest BCUT2D eigenvalue weighted by Gasteiger charge is -2.14. The van der Waals surface area contributed by atoms with Gasteiger partial charge in [-0.3, -0.25) is 14.4 Å². The van der Waals surface area contributed by atoms with Gasteiger partial charge in [-0.25, -0.2) is 4.98 Å². The third-order valence-corrected chi connectivity index (χ3v) is 8.67. The SMILES string of the molecule is COc1ccc(-c2csc(NC(=O)C(C)Sc3cccc(NC(=O)/C(=C/c4cccc(Cl)c4)NC(=O)c4ccccc4)c3)n2)cc1. The Morgan fingerprint density at radius 2 is 1.67 bits per heavy atom. The number of thioether (sulfide) groups is 1. The molecule has 1 unspecified atom stereocenters. The zero-order valence-corrected chi connectivity index (χ0v) is 27.2. The van der Waals surface area contributed by atoms with Crippen LogP contribution in [0.1, 0.15) is 22.8 Å². The third-order valence-electron chi connectivity index (χ3n) is 6.58. The first-order chi connectivity index (χ1) is 22.3. The molecule has 0 saturated carbocycles. The second kappa shape index (κ2) is 15.4. The molecule has 3 amide bonds. The Morgan fingerprint density at radius 1 is 0.913 bits per heavy atom. The summed E-state index contributed by atoms with van der Waals surface area (Å²) in [5.41, 5.74) is 3.27. The molecule has 0 saturated heterocycles. The van der Waals surface area contributed by atoms with E-state index in [0.29, 0.717) is 27.0 Å². The number of ether oxygens (including phenoxy) is 1. The Bertz CT molecular complexity index is 1880. The molecule has 0 spiro atoms. The predicted octanol–water partition coefficient (Wildman–Crippen LogP) is 8.00. The van der Waals surface area contributed by atoms with Gasteiger partial charge in [0, 0.05) is 32.1 Å². The monoisotopic (exact) mass is 668 g/mol. The standard InChI is InChI=1S/C35H29ClN4O4S2/c1-22(32(41)40-35-39-31(21-45-35)24-14-16-28(44-2)17-15-24)46-29-13-7-12-27(20-29)37-34(43)30(19-23-8-6-11-26(36)18-23)38-33(42)25-9-4-3-5-10-25/h3-22H,1-2H3,(H,37,43)(H,38,42)(H,39,40,41)/b30-19-. The second-order valence-electron chi connectivity index (χ2n) is 9.93. The average Bonchev–Trinajstić information content (AvgIpc) is 3.53. The largest absolute Gasteiger partial charge is 0.497 e. The normalized spacial score (nSPS) is 11.8. The number of hydrogen-bond donors (Lipinski definition) is 3. The van der Waals surface area contributed by atoms with Crippen LogP contribution in [0.15, 0.2) is 119 Å². The number of anilines is 2. The molecule has 0 aliphatic carbocycles. The van der Waals surface area contributed by atoms with Crippen LogP contribution in [0, 0.1) is 0 Å². The van der Waals surface area contributed by atoms with Crippen LogP contribution >= 0.6 is 34.7 Å². The summed E-state index contributed by atoms with van der Waals surface area (Å²) in [5, 5.41) is 10.9. The van der Waals surface area contributed by atoms with Gasteiger partial charge in [0.05, 0.1) is 18.1 Å². The number of methoxy groups -OCH3 is 1. The third kappa shape index (κ3) is 8.85. The van der Waals surface area contributed by atoms with Crippen molar-refractivity contribution in [3.8, 4) is 17.0 Å². The summed E-state index contributed by atoms with van der Waals surface area (Å²) in [5.74, 6) is -0.394. The molecule has 0 aliphatic heterocycles. The van der Waals surface area contributed by atoms with E-state index in [0.717, 1.165) is 21.9 Å². The maximum absolute atomic E-state index is 13.4. The van der Waals surface area contributed by atoms with Crippen LogP contribution in [-0.4, -0.2) is 35.1 Å². The molecular weight excluding hydrogens is 640 g/mol. The number of carbonyl (C=O) groups excluding carboxylic acids is 3. The number of thiazole rings is 1. The van der Waals surface area contributed by atoms with Crippen LogP contribution in [0.3, 0.4) is 0 Å². The topological polar surface area (TPSA) is 109 Å². The highest BCUT2D eigenvalue weighted by atomic mass is 35.5. The number of nitrogens with zero attached hydrogens (tertiary/aromatic N) is 1. The second-order valence-corrected chi connectivity index (χ2v) is 12.6. The van der Waals surface area contributed by atoms with Crippen molar-refractivity contribution in [1.29, 1.82) is 0 Å². The number of hydrogen-bond acceptors (Lipinski definition) is 7. The lowest BCUT2D eigenvalue weighted by atomic mass is 10.1. The van der Waals surface area contributed by atoms with Gasteiger partial charge in [0.2, 0.25) is 5.91 Å². The van der Waals surface area contributed by atoms with Crippen LogP contribution < -0.4 is 20.7 Å². The van der Waals surface area contributed by atoms with Crippen LogP contribution in [0.2, 0.25) is 5.02 Å². The van der Waals surface area contributed by atoms with Crippen molar-refractivity contribution in [1.82, 2.24) is 10.3 Å². The molecule has 0 bridgehead atoms. The maximum atomic E-state index is 13.4. The smallest absolute Gasteiger partial charge is 0.272 e. The first-order valence-electron chi connectivity index (χ1n) is 14.1. The number of amides is 3. The van der Waals surface area contributed by atoms with E-state index in [4.69, 9.17) is 16.3 Å². The fraction of sp³-hybridized carbons (Fsp3) is 0.0857. The van der Waals surface area contributed by atoms with E-state index in [2.05, 4.69) is 20.9 Å². The Kier molecular flexibility index (Phi) is 10.9. The molecule has 0 fully saturated rings. The van der Waals surface area contributed by atoms with Crippen molar-refractivity contribution >= 4 is 69.3 Å². The quantitative estimate of drug-likeness (QED) is 0.0972. The van der Waals surface area contributed by atoms with Gasteiger partial charge in [-0.1, -0.05) is 48.0 Å². The molecule has 232 valence electrons. The molecular formula is C35H29ClN4O4S2. The Balaban J connectivity index is 1.24. The fourth-order valence-electron chi connectivity index (χ4n) is 4.24. The lowest BCUT2D eigenvalue weighted by Crippen LogP contribution is -2.30. The van der Waals surface area contributed by atoms with Gasteiger partial charge in [0.15, 0.2) is 5.13 Å². The number of benzene rings is 4. The summed E-state index contributed by atoms with van der Waals surface area (Å²) in [6.45, 7) is 1.80. The molecule has 3 N–H and O–H groups in total. The highest BCUT2D eigenvalue weighted by Crippen LogP contribution is 2.29. The summed E-state index contributed by atoms with van der Waals surface area (Å²) in [7, 11) is 1.61. The van der Waals surface area contributed by atoms with E-state index in [1.54, 1.807) is 92.9 Å². The molecule has 0 aliphatic rings. The molecule has 46 heavy (non-hydrogen) atoms. The first-order valence-corrected chi connectivity index (χ1v) is 16.2. The molecule has 1 atom stereocenters. The van der Waals surface area contributed by atoms with E-state index in [1.807, 2.05) is 35.7 Å². The maximum Gasteiger partial charge on any atom is 0.272 e. The number of aromatic nitrogens is 1. The summed E-state index contributed by atoms with van der Waals surface area (Å²) < 4.78 is 5.21. The summed E-state index contributed by atoms with van der Waals surface area (Å²) in [6, 6.07) is 30.3. The van der Waals surface area contributed by atoms with E-state index >= 15 is 0 Å². The van der Waals surface area contributed by atoms with E-state index in [1.165, 1.54) is 23.1 Å².